The van der Waals surface area contributed by atoms with Crippen LogP contribution in [-0.4, -0.2) is 41.7 Å². The summed E-state index contributed by atoms with van der Waals surface area (Å²) in [4.78, 5) is 2.03. The van der Waals surface area contributed by atoms with Crippen molar-refractivity contribution in [2.75, 3.05) is 19.7 Å². The van der Waals surface area contributed by atoms with E-state index in [4.69, 9.17) is 5.11 Å². The van der Waals surface area contributed by atoms with Gasteiger partial charge in [0.25, 0.3) is 0 Å². The molecule has 1 heterocycles. The molecule has 0 aromatic heterocycles. The molecule has 0 saturated carbocycles. The van der Waals surface area contributed by atoms with Crippen molar-refractivity contribution in [2.45, 2.75) is 19.7 Å². The van der Waals surface area contributed by atoms with Gasteiger partial charge in [-0.3, -0.25) is 0 Å². The summed E-state index contributed by atoms with van der Waals surface area (Å²) in [5.74, 6) is 0.463. The molecule has 0 radical (unpaired) electrons. The Morgan fingerprint density at radius 2 is 2.00 bits per heavy atom. The third-order valence-electron chi connectivity index (χ3n) is 2.44. The van der Waals surface area contributed by atoms with Crippen LogP contribution < -0.4 is 0 Å². The van der Waals surface area contributed by atoms with E-state index in [1.165, 1.54) is 0 Å². The topological polar surface area (TPSA) is 43.7 Å². The minimum absolute atomic E-state index is 0.299. The Labute approximate surface area is 68.2 Å². The summed E-state index contributed by atoms with van der Waals surface area (Å²) in [5, 5.41) is 18.0. The highest BCUT2D eigenvalue weighted by Gasteiger charge is 2.22. The van der Waals surface area contributed by atoms with E-state index in [9.17, 15) is 5.02 Å². The molecule has 2 N–H and O–H groups in total. The monoisotopic (exact) mass is 157 g/mol. The standard InChI is InChI=1S/C7H16BNO2/c1-8(11)9-4-2-7(6-10)3-5-9/h7,10-11H,2-6H2,1H3. The van der Waals surface area contributed by atoms with Gasteiger partial charge in [-0.2, -0.15) is 0 Å². The Balaban J connectivity index is 2.24. The smallest absolute Gasteiger partial charge is 0.376 e. The van der Waals surface area contributed by atoms with Crippen LogP contribution >= 0.6 is 0 Å². The largest absolute Gasteiger partial charge is 0.437 e. The first-order valence-electron chi connectivity index (χ1n) is 4.27. The molecule has 0 aliphatic carbocycles. The maximum atomic E-state index is 9.20. The van der Waals surface area contributed by atoms with Gasteiger partial charge >= 0.3 is 7.05 Å². The molecule has 0 amide bonds. The number of aliphatic hydroxyl groups excluding tert-OH is 1. The summed E-state index contributed by atoms with van der Waals surface area (Å²) in [7, 11) is -0.324. The molecule has 1 fully saturated rings. The first-order chi connectivity index (χ1) is 5.24. The van der Waals surface area contributed by atoms with Gasteiger partial charge in [0.1, 0.15) is 0 Å². The fraction of sp³-hybridized carbons (Fsp3) is 1.00. The fourth-order valence-electron chi connectivity index (χ4n) is 1.51. The van der Waals surface area contributed by atoms with Crippen LogP contribution in [0.25, 0.3) is 0 Å². The highest BCUT2D eigenvalue weighted by molar-refractivity contribution is 6.45. The van der Waals surface area contributed by atoms with Crippen LogP contribution in [0.2, 0.25) is 6.82 Å². The third-order valence-corrected chi connectivity index (χ3v) is 2.44. The van der Waals surface area contributed by atoms with Crippen LogP contribution in [0.15, 0.2) is 0 Å². The molecule has 1 rings (SSSR count). The molecule has 64 valence electrons. The molecule has 1 aliphatic heterocycles. The zero-order valence-electron chi connectivity index (χ0n) is 7.03. The molecule has 0 unspecified atom stereocenters. The lowest BCUT2D eigenvalue weighted by atomic mass is 9.81. The van der Waals surface area contributed by atoms with E-state index < -0.39 is 0 Å². The van der Waals surface area contributed by atoms with E-state index in [2.05, 4.69) is 0 Å². The van der Waals surface area contributed by atoms with Gasteiger partial charge in [0.2, 0.25) is 0 Å². The van der Waals surface area contributed by atoms with Crippen LogP contribution in [0, 0.1) is 5.92 Å². The van der Waals surface area contributed by atoms with E-state index in [0.717, 1.165) is 25.9 Å². The van der Waals surface area contributed by atoms with Gasteiger partial charge < -0.3 is 14.9 Å². The van der Waals surface area contributed by atoms with Crippen LogP contribution in [0.1, 0.15) is 12.8 Å². The van der Waals surface area contributed by atoms with E-state index in [0.29, 0.717) is 12.5 Å². The van der Waals surface area contributed by atoms with Crippen molar-refractivity contribution < 1.29 is 10.1 Å². The second kappa shape index (κ2) is 4.09. The Morgan fingerprint density at radius 3 is 2.36 bits per heavy atom. The van der Waals surface area contributed by atoms with Crippen molar-refractivity contribution in [2.24, 2.45) is 5.92 Å². The highest BCUT2D eigenvalue weighted by Crippen LogP contribution is 2.16. The zero-order chi connectivity index (χ0) is 8.27. The van der Waals surface area contributed by atoms with Gasteiger partial charge in [-0.25, -0.2) is 0 Å². The van der Waals surface area contributed by atoms with Crippen molar-refractivity contribution >= 4 is 7.05 Å². The summed E-state index contributed by atoms with van der Waals surface area (Å²) in [6.07, 6.45) is 2.03. The number of piperidine rings is 1. The lowest BCUT2D eigenvalue weighted by molar-refractivity contribution is 0.163. The second-order valence-corrected chi connectivity index (χ2v) is 3.29. The molecule has 4 heteroatoms. The Hall–Kier alpha value is -0.0551. The number of rotatable bonds is 2. The molecule has 0 atom stereocenters. The second-order valence-electron chi connectivity index (χ2n) is 3.29. The van der Waals surface area contributed by atoms with Crippen LogP contribution in [0.4, 0.5) is 0 Å². The van der Waals surface area contributed by atoms with Gasteiger partial charge in [0.15, 0.2) is 0 Å². The number of hydrogen-bond acceptors (Lipinski definition) is 3. The Morgan fingerprint density at radius 1 is 1.45 bits per heavy atom. The molecule has 1 aliphatic rings. The molecule has 0 aromatic carbocycles. The molecular formula is C7H16BNO2. The minimum Gasteiger partial charge on any atom is -0.437 e. The van der Waals surface area contributed by atoms with E-state index >= 15 is 0 Å². The molecule has 0 bridgehead atoms. The van der Waals surface area contributed by atoms with Crippen molar-refractivity contribution in [1.82, 2.24) is 4.81 Å². The lowest BCUT2D eigenvalue weighted by Crippen LogP contribution is -2.43. The molecule has 3 nitrogen and oxygen atoms in total. The van der Waals surface area contributed by atoms with Crippen LogP contribution in [0.5, 0.6) is 0 Å². The van der Waals surface area contributed by atoms with Crippen LogP contribution in [-0.2, 0) is 0 Å². The average Bonchev–Trinajstić information content (AvgIpc) is 2.05. The highest BCUT2D eigenvalue weighted by atomic mass is 16.3. The van der Waals surface area contributed by atoms with Gasteiger partial charge in [-0.05, 0) is 38.7 Å². The Kier molecular flexibility index (Phi) is 3.36. The minimum atomic E-state index is -0.324. The number of hydrogen-bond donors (Lipinski definition) is 2. The molecule has 0 spiro atoms. The molecular weight excluding hydrogens is 141 g/mol. The maximum absolute atomic E-state index is 9.20. The molecule has 11 heavy (non-hydrogen) atoms. The molecule has 0 aromatic rings. The lowest BCUT2D eigenvalue weighted by Gasteiger charge is -2.31. The van der Waals surface area contributed by atoms with Gasteiger partial charge in [-0.1, -0.05) is 0 Å². The quantitative estimate of drug-likeness (QED) is 0.545. The third kappa shape index (κ3) is 2.47. The van der Waals surface area contributed by atoms with E-state index in [1.807, 2.05) is 4.81 Å². The van der Waals surface area contributed by atoms with Crippen molar-refractivity contribution in [3.05, 3.63) is 0 Å². The van der Waals surface area contributed by atoms with Crippen molar-refractivity contribution in [1.29, 1.82) is 0 Å². The SMILES string of the molecule is CB(O)N1CCC(CO)CC1. The summed E-state index contributed by atoms with van der Waals surface area (Å²) in [5.41, 5.74) is 0. The zero-order valence-corrected chi connectivity index (χ0v) is 7.03. The normalized spacial score (nSPS) is 22.1. The first kappa shape index (κ1) is 9.04. The summed E-state index contributed by atoms with van der Waals surface area (Å²) in [6.45, 7) is 3.93. The first-order valence-corrected chi connectivity index (χ1v) is 4.27. The van der Waals surface area contributed by atoms with Crippen molar-refractivity contribution in [3.63, 3.8) is 0 Å². The van der Waals surface area contributed by atoms with Gasteiger partial charge in [-0.15, -0.1) is 0 Å². The number of nitrogens with zero attached hydrogens (tertiary/aromatic N) is 1. The van der Waals surface area contributed by atoms with Crippen LogP contribution in [0.3, 0.4) is 0 Å². The predicted molar refractivity (Wildman–Crippen MR) is 45.2 cm³/mol. The molecule has 1 saturated heterocycles. The van der Waals surface area contributed by atoms with Gasteiger partial charge in [0, 0.05) is 6.61 Å². The average molecular weight is 157 g/mol. The predicted octanol–water partition coefficient (Wildman–Crippen LogP) is -0.199. The van der Waals surface area contributed by atoms with E-state index in [-0.39, 0.29) is 7.05 Å². The fourth-order valence-corrected chi connectivity index (χ4v) is 1.51. The number of aliphatic hydroxyl groups is 1. The maximum Gasteiger partial charge on any atom is 0.376 e. The summed E-state index contributed by atoms with van der Waals surface area (Å²) < 4.78 is 0. The Bertz CT molecular complexity index is 113. The van der Waals surface area contributed by atoms with E-state index in [1.54, 1.807) is 6.82 Å². The van der Waals surface area contributed by atoms with Crippen molar-refractivity contribution in [3.8, 4) is 0 Å². The summed E-state index contributed by atoms with van der Waals surface area (Å²) >= 11 is 0. The van der Waals surface area contributed by atoms with Gasteiger partial charge in [0.05, 0.1) is 0 Å². The summed E-state index contributed by atoms with van der Waals surface area (Å²) in [6, 6.07) is 0.